The summed E-state index contributed by atoms with van der Waals surface area (Å²) in [7, 11) is -4.01. The van der Waals surface area contributed by atoms with E-state index in [0.29, 0.717) is 6.54 Å². The summed E-state index contributed by atoms with van der Waals surface area (Å²) in [6, 6.07) is 3.29. The number of hydrogen-bond donors (Lipinski definition) is 3. The Bertz CT molecular complexity index is 575. The van der Waals surface area contributed by atoms with Crippen LogP contribution in [0.5, 0.6) is 0 Å². The molecule has 0 aromatic heterocycles. The van der Waals surface area contributed by atoms with Gasteiger partial charge in [0.2, 0.25) is 15.9 Å². The fourth-order valence-corrected chi connectivity index (χ4v) is 2.60. The van der Waals surface area contributed by atoms with Gasteiger partial charge >= 0.3 is 0 Å². The first-order valence-electron chi connectivity index (χ1n) is 6.18. The molecular formula is C12H18FN3O3S. The van der Waals surface area contributed by atoms with Gasteiger partial charge in [0.15, 0.2) is 0 Å². The second-order valence-electron chi connectivity index (χ2n) is 4.19. The van der Waals surface area contributed by atoms with E-state index in [4.69, 9.17) is 5.73 Å². The SMILES string of the molecule is CCCNC(=O)CCNS(=O)(=O)c1cc(N)ccc1F. The van der Waals surface area contributed by atoms with Crippen LogP contribution >= 0.6 is 0 Å². The second-order valence-corrected chi connectivity index (χ2v) is 5.92. The van der Waals surface area contributed by atoms with Gasteiger partial charge in [-0.05, 0) is 24.6 Å². The quantitative estimate of drug-likeness (QED) is 0.642. The molecule has 1 rings (SSSR count). The summed E-state index contributed by atoms with van der Waals surface area (Å²) in [5.41, 5.74) is 5.58. The summed E-state index contributed by atoms with van der Waals surface area (Å²) < 4.78 is 39.4. The molecule has 0 fully saturated rings. The van der Waals surface area contributed by atoms with Crippen LogP contribution in [0.15, 0.2) is 23.1 Å². The Morgan fingerprint density at radius 1 is 1.35 bits per heavy atom. The van der Waals surface area contributed by atoms with Crippen LogP contribution in [0.4, 0.5) is 10.1 Å². The third-order valence-electron chi connectivity index (χ3n) is 2.46. The maximum Gasteiger partial charge on any atom is 0.243 e. The number of nitrogen functional groups attached to an aromatic ring is 1. The molecule has 8 heteroatoms. The van der Waals surface area contributed by atoms with Crippen molar-refractivity contribution >= 4 is 21.6 Å². The molecule has 112 valence electrons. The molecule has 1 aromatic rings. The lowest BCUT2D eigenvalue weighted by atomic mass is 10.3. The van der Waals surface area contributed by atoms with Crippen molar-refractivity contribution in [1.82, 2.24) is 10.0 Å². The van der Waals surface area contributed by atoms with Gasteiger partial charge in [-0.1, -0.05) is 6.92 Å². The van der Waals surface area contributed by atoms with Crippen LogP contribution in [0.1, 0.15) is 19.8 Å². The minimum Gasteiger partial charge on any atom is -0.399 e. The van der Waals surface area contributed by atoms with Crippen molar-refractivity contribution in [3.05, 3.63) is 24.0 Å². The zero-order valence-corrected chi connectivity index (χ0v) is 12.0. The van der Waals surface area contributed by atoms with Gasteiger partial charge in [-0.3, -0.25) is 4.79 Å². The molecule has 0 bridgehead atoms. The Morgan fingerprint density at radius 3 is 2.70 bits per heavy atom. The zero-order chi connectivity index (χ0) is 15.2. The third kappa shape index (κ3) is 4.78. The minimum absolute atomic E-state index is 0.0107. The molecule has 0 heterocycles. The number of hydrogen-bond acceptors (Lipinski definition) is 4. The number of carbonyl (C=O) groups excluding carboxylic acids is 1. The minimum atomic E-state index is -4.01. The predicted octanol–water partition coefficient (Wildman–Crippen LogP) is 0.603. The fourth-order valence-electron chi connectivity index (χ4n) is 1.46. The maximum absolute atomic E-state index is 13.5. The van der Waals surface area contributed by atoms with E-state index in [1.54, 1.807) is 0 Å². The van der Waals surface area contributed by atoms with Crippen molar-refractivity contribution in [2.75, 3.05) is 18.8 Å². The number of amides is 1. The summed E-state index contributed by atoms with van der Waals surface area (Å²) in [6.07, 6.45) is 0.787. The van der Waals surface area contributed by atoms with E-state index in [1.807, 2.05) is 6.92 Å². The van der Waals surface area contributed by atoms with Crippen molar-refractivity contribution in [3.63, 3.8) is 0 Å². The monoisotopic (exact) mass is 303 g/mol. The lowest BCUT2D eigenvalue weighted by Gasteiger charge is -2.08. The van der Waals surface area contributed by atoms with Gasteiger partial charge in [0.1, 0.15) is 10.7 Å². The van der Waals surface area contributed by atoms with Gasteiger partial charge in [-0.25, -0.2) is 17.5 Å². The van der Waals surface area contributed by atoms with Crippen LogP contribution < -0.4 is 15.8 Å². The maximum atomic E-state index is 13.5. The highest BCUT2D eigenvalue weighted by molar-refractivity contribution is 7.89. The Labute approximate surface area is 117 Å². The first kappa shape index (κ1) is 16.4. The summed E-state index contributed by atoms with van der Waals surface area (Å²) in [5.74, 6) is -1.15. The molecule has 0 unspecified atom stereocenters. The number of rotatable bonds is 7. The molecule has 0 aliphatic carbocycles. The number of anilines is 1. The molecular weight excluding hydrogens is 285 g/mol. The Balaban J connectivity index is 2.62. The first-order valence-corrected chi connectivity index (χ1v) is 7.66. The normalized spacial score (nSPS) is 11.3. The molecule has 0 aliphatic rings. The molecule has 0 atom stereocenters. The van der Waals surface area contributed by atoms with E-state index in [-0.39, 0.29) is 24.6 Å². The predicted molar refractivity (Wildman–Crippen MR) is 73.9 cm³/mol. The standard InChI is InChI=1S/C12H18FN3O3S/c1-2-6-15-12(17)5-7-16-20(18,19)11-8-9(14)3-4-10(11)13/h3-4,8,16H,2,5-7,14H2,1H3,(H,15,17). The number of sulfonamides is 1. The van der Waals surface area contributed by atoms with Gasteiger partial charge in [-0.15, -0.1) is 0 Å². The van der Waals surface area contributed by atoms with E-state index in [9.17, 15) is 17.6 Å². The molecule has 4 N–H and O–H groups in total. The largest absolute Gasteiger partial charge is 0.399 e. The highest BCUT2D eigenvalue weighted by Gasteiger charge is 2.19. The summed E-state index contributed by atoms with van der Waals surface area (Å²) in [6.45, 7) is 2.34. The van der Waals surface area contributed by atoms with Gasteiger partial charge in [0.25, 0.3) is 0 Å². The van der Waals surface area contributed by atoms with Crippen LogP contribution in [0, 0.1) is 5.82 Å². The van der Waals surface area contributed by atoms with Crippen LogP contribution in [-0.4, -0.2) is 27.4 Å². The zero-order valence-electron chi connectivity index (χ0n) is 11.1. The number of nitrogens with two attached hydrogens (primary N) is 1. The van der Waals surface area contributed by atoms with Crippen molar-refractivity contribution in [2.45, 2.75) is 24.7 Å². The van der Waals surface area contributed by atoms with Crippen molar-refractivity contribution in [1.29, 1.82) is 0 Å². The van der Waals surface area contributed by atoms with Crippen LogP contribution in [0.25, 0.3) is 0 Å². The van der Waals surface area contributed by atoms with Gasteiger partial charge in [0, 0.05) is 25.2 Å². The van der Waals surface area contributed by atoms with Gasteiger partial charge in [-0.2, -0.15) is 0 Å². The number of nitrogens with one attached hydrogen (secondary N) is 2. The molecule has 0 spiro atoms. The van der Waals surface area contributed by atoms with E-state index < -0.39 is 20.7 Å². The summed E-state index contributed by atoms with van der Waals surface area (Å²) in [5, 5.41) is 2.61. The lowest BCUT2D eigenvalue weighted by molar-refractivity contribution is -0.120. The highest BCUT2D eigenvalue weighted by Crippen LogP contribution is 2.17. The Kier molecular flexibility index (Phi) is 5.90. The number of halogens is 1. The van der Waals surface area contributed by atoms with Crippen LogP contribution in [-0.2, 0) is 14.8 Å². The average Bonchev–Trinajstić information content (AvgIpc) is 2.38. The van der Waals surface area contributed by atoms with Crippen LogP contribution in [0.2, 0.25) is 0 Å². The molecule has 0 saturated heterocycles. The Hall–Kier alpha value is -1.67. The number of benzene rings is 1. The number of carbonyl (C=O) groups is 1. The molecule has 0 radical (unpaired) electrons. The molecule has 0 aliphatic heterocycles. The van der Waals surface area contributed by atoms with Crippen molar-refractivity contribution in [3.8, 4) is 0 Å². The third-order valence-corrected chi connectivity index (χ3v) is 3.94. The van der Waals surface area contributed by atoms with E-state index in [0.717, 1.165) is 18.6 Å². The average molecular weight is 303 g/mol. The van der Waals surface area contributed by atoms with Crippen molar-refractivity contribution in [2.24, 2.45) is 0 Å². The lowest BCUT2D eigenvalue weighted by Crippen LogP contribution is -2.31. The first-order chi connectivity index (χ1) is 9.36. The van der Waals surface area contributed by atoms with Gasteiger partial charge < -0.3 is 11.1 Å². The van der Waals surface area contributed by atoms with E-state index in [2.05, 4.69) is 10.0 Å². The Morgan fingerprint density at radius 2 is 2.05 bits per heavy atom. The van der Waals surface area contributed by atoms with E-state index >= 15 is 0 Å². The summed E-state index contributed by atoms with van der Waals surface area (Å²) in [4.78, 5) is 10.8. The molecule has 6 nitrogen and oxygen atoms in total. The molecule has 1 aromatic carbocycles. The molecule has 20 heavy (non-hydrogen) atoms. The smallest absolute Gasteiger partial charge is 0.243 e. The van der Waals surface area contributed by atoms with E-state index in [1.165, 1.54) is 6.07 Å². The van der Waals surface area contributed by atoms with Gasteiger partial charge in [0.05, 0.1) is 0 Å². The second kappa shape index (κ2) is 7.20. The molecule has 1 amide bonds. The molecule has 0 saturated carbocycles. The topological polar surface area (TPSA) is 101 Å². The highest BCUT2D eigenvalue weighted by atomic mass is 32.2. The van der Waals surface area contributed by atoms with Crippen LogP contribution in [0.3, 0.4) is 0 Å². The summed E-state index contributed by atoms with van der Waals surface area (Å²) >= 11 is 0. The fraction of sp³-hybridized carbons (Fsp3) is 0.417. The van der Waals surface area contributed by atoms with Crippen molar-refractivity contribution < 1.29 is 17.6 Å².